The summed E-state index contributed by atoms with van der Waals surface area (Å²) in [6.07, 6.45) is -0.899. The minimum Gasteiger partial charge on any atom is -0.309 e. The number of pyridine rings is 1. The molecule has 2 aromatic rings. The standard InChI is InChI=1S/C19H12F3N5O2/c20-19(21,22)12-5-2-1-4-11(12)13-8-9-16-23-10-14(27(16)26-13)18(29)25-15-6-3-7-17(28)24-15/h1-10,16H,(H-,24,25,28,29)/p+1. The van der Waals surface area contributed by atoms with Crippen molar-refractivity contribution < 1.29 is 22.7 Å². The van der Waals surface area contributed by atoms with E-state index in [-0.39, 0.29) is 22.8 Å². The highest BCUT2D eigenvalue weighted by atomic mass is 19.4. The van der Waals surface area contributed by atoms with Gasteiger partial charge < -0.3 is 10.3 Å². The fourth-order valence-electron chi connectivity index (χ4n) is 2.95. The predicted molar refractivity (Wildman–Crippen MR) is 100 cm³/mol. The van der Waals surface area contributed by atoms with Crippen LogP contribution in [0.2, 0.25) is 0 Å². The molecule has 1 amide bonds. The van der Waals surface area contributed by atoms with Crippen LogP contribution in [-0.4, -0.2) is 39.4 Å². The maximum absolute atomic E-state index is 13.3. The molecule has 1 atom stereocenters. The molecular formula is C19H13F3N5O2+. The number of aliphatic imine (C=N–C) groups is 1. The Kier molecular flexibility index (Phi) is 4.45. The molecule has 1 aromatic carbocycles. The van der Waals surface area contributed by atoms with Crippen molar-refractivity contribution in [3.05, 3.63) is 76.1 Å². The number of hydrazone groups is 1. The molecule has 2 aliphatic rings. The summed E-state index contributed by atoms with van der Waals surface area (Å²) >= 11 is 0. The minimum atomic E-state index is -4.55. The van der Waals surface area contributed by atoms with Gasteiger partial charge in [-0.05, 0) is 22.9 Å². The smallest absolute Gasteiger partial charge is 0.309 e. The van der Waals surface area contributed by atoms with Gasteiger partial charge in [-0.25, -0.2) is 4.99 Å². The van der Waals surface area contributed by atoms with Gasteiger partial charge in [0, 0.05) is 22.8 Å². The lowest BCUT2D eigenvalue weighted by atomic mass is 10.0. The highest BCUT2D eigenvalue weighted by Gasteiger charge is 2.38. The van der Waals surface area contributed by atoms with Crippen molar-refractivity contribution >= 4 is 29.4 Å². The number of carbonyl (C=O) groups excluding carboxylic acids is 1. The molecule has 29 heavy (non-hydrogen) atoms. The Morgan fingerprint density at radius 1 is 1.14 bits per heavy atom. The van der Waals surface area contributed by atoms with E-state index in [1.807, 2.05) is 0 Å². The maximum atomic E-state index is 13.3. The van der Waals surface area contributed by atoms with Crippen LogP contribution >= 0.6 is 0 Å². The molecule has 7 nitrogen and oxygen atoms in total. The first kappa shape index (κ1) is 18.5. The number of amides is 1. The number of nitrogens with zero attached hydrogens (tertiary/aromatic N) is 3. The summed E-state index contributed by atoms with van der Waals surface area (Å²) in [5.41, 5.74) is -1.23. The number of halogens is 3. The second-order valence-corrected chi connectivity index (χ2v) is 6.19. The van der Waals surface area contributed by atoms with Gasteiger partial charge in [-0.1, -0.05) is 24.3 Å². The molecule has 0 aliphatic carbocycles. The van der Waals surface area contributed by atoms with Crippen LogP contribution in [0.25, 0.3) is 0 Å². The number of rotatable bonds is 3. The number of fused-ring (bicyclic) bond motifs is 1. The van der Waals surface area contributed by atoms with Gasteiger partial charge in [-0.15, -0.1) is 0 Å². The van der Waals surface area contributed by atoms with Crippen LogP contribution in [0.1, 0.15) is 11.1 Å². The van der Waals surface area contributed by atoms with Gasteiger partial charge in [0.2, 0.25) is 5.56 Å². The van der Waals surface area contributed by atoms with E-state index in [1.54, 1.807) is 6.08 Å². The van der Waals surface area contributed by atoms with Gasteiger partial charge >= 0.3 is 17.8 Å². The number of aromatic amines is 1. The zero-order valence-electron chi connectivity index (χ0n) is 14.6. The molecule has 3 heterocycles. The van der Waals surface area contributed by atoms with Crippen LogP contribution in [0.3, 0.4) is 0 Å². The molecule has 4 rings (SSSR count). The average Bonchev–Trinajstić information content (AvgIpc) is 3.10. The molecule has 0 radical (unpaired) electrons. The first-order valence-electron chi connectivity index (χ1n) is 8.46. The lowest BCUT2D eigenvalue weighted by Crippen LogP contribution is -2.33. The Hall–Kier alpha value is -3.82. The highest BCUT2D eigenvalue weighted by Crippen LogP contribution is 2.32. The van der Waals surface area contributed by atoms with Gasteiger partial charge in [-0.3, -0.25) is 9.59 Å². The second-order valence-electron chi connectivity index (χ2n) is 6.19. The number of nitrogens with one attached hydrogen (secondary N) is 2. The van der Waals surface area contributed by atoms with Gasteiger partial charge in [0.15, 0.2) is 0 Å². The Bertz CT molecular complexity index is 1170. The van der Waals surface area contributed by atoms with E-state index < -0.39 is 29.4 Å². The zero-order valence-corrected chi connectivity index (χ0v) is 14.6. The number of carbonyl (C=O) groups is 1. The number of hydrogen-bond acceptors (Lipinski definition) is 4. The maximum Gasteiger partial charge on any atom is 0.417 e. The monoisotopic (exact) mass is 400 g/mol. The fourth-order valence-corrected chi connectivity index (χ4v) is 2.95. The molecule has 0 saturated heterocycles. The first-order valence-corrected chi connectivity index (χ1v) is 8.46. The number of anilines is 1. The van der Waals surface area contributed by atoms with Crippen LogP contribution < -0.4 is 10.9 Å². The number of allylic oxidation sites excluding steroid dienone is 1. The molecular weight excluding hydrogens is 387 g/mol. The van der Waals surface area contributed by atoms with Crippen molar-refractivity contribution in [2.75, 3.05) is 5.32 Å². The third-order valence-electron chi connectivity index (χ3n) is 4.25. The fraction of sp³-hybridized carbons (Fsp3) is 0.105. The first-order chi connectivity index (χ1) is 13.8. The summed E-state index contributed by atoms with van der Waals surface area (Å²) in [4.78, 5) is 30.5. The van der Waals surface area contributed by atoms with Crippen LogP contribution in [-0.2, 0) is 11.0 Å². The molecule has 2 aliphatic heterocycles. The van der Waals surface area contributed by atoms with Crippen molar-refractivity contribution in [1.29, 1.82) is 0 Å². The second kappa shape index (κ2) is 6.97. The van der Waals surface area contributed by atoms with Gasteiger partial charge in [0.25, 0.3) is 6.17 Å². The molecule has 1 unspecified atom stereocenters. The molecule has 146 valence electrons. The molecule has 0 saturated carbocycles. The van der Waals surface area contributed by atoms with E-state index >= 15 is 0 Å². The Labute approximate surface area is 161 Å². The Balaban J connectivity index is 1.71. The summed E-state index contributed by atoms with van der Waals surface area (Å²) in [6.45, 7) is 0. The van der Waals surface area contributed by atoms with Crippen molar-refractivity contribution in [1.82, 2.24) is 4.98 Å². The number of alkyl halides is 3. The molecule has 2 N–H and O–H groups in total. The molecule has 10 heteroatoms. The van der Waals surface area contributed by atoms with Gasteiger partial charge in [0.1, 0.15) is 17.7 Å². The highest BCUT2D eigenvalue weighted by molar-refractivity contribution is 6.61. The van der Waals surface area contributed by atoms with Crippen molar-refractivity contribution in [3.8, 4) is 0 Å². The molecule has 0 spiro atoms. The zero-order chi connectivity index (χ0) is 20.6. The van der Waals surface area contributed by atoms with Gasteiger partial charge in [-0.2, -0.15) is 13.2 Å². The summed E-state index contributed by atoms with van der Waals surface area (Å²) in [7, 11) is 0. The van der Waals surface area contributed by atoms with Crippen molar-refractivity contribution in [2.24, 2.45) is 10.1 Å². The van der Waals surface area contributed by atoms with E-state index in [0.29, 0.717) is 0 Å². The normalized spacial score (nSPS) is 17.9. The lowest BCUT2D eigenvalue weighted by Gasteiger charge is -2.13. The van der Waals surface area contributed by atoms with E-state index in [2.05, 4.69) is 20.4 Å². The van der Waals surface area contributed by atoms with E-state index in [0.717, 1.165) is 6.07 Å². The van der Waals surface area contributed by atoms with Crippen molar-refractivity contribution in [2.45, 2.75) is 12.3 Å². The summed E-state index contributed by atoms with van der Waals surface area (Å²) in [6, 6.07) is 9.33. The average molecular weight is 400 g/mol. The van der Waals surface area contributed by atoms with Crippen molar-refractivity contribution in [3.63, 3.8) is 0 Å². The van der Waals surface area contributed by atoms with Crippen LogP contribution in [0.4, 0.5) is 19.0 Å². The summed E-state index contributed by atoms with van der Waals surface area (Å²) in [5.74, 6) is -0.438. The molecule has 0 fully saturated rings. The summed E-state index contributed by atoms with van der Waals surface area (Å²) in [5, 5.41) is 6.73. The topological polar surface area (TPSA) is 89.7 Å². The van der Waals surface area contributed by atoms with E-state index in [4.69, 9.17) is 0 Å². The number of benzene rings is 1. The van der Waals surface area contributed by atoms with E-state index in [1.165, 1.54) is 53.4 Å². The lowest BCUT2D eigenvalue weighted by molar-refractivity contribution is -0.553. The SMILES string of the molecule is O=C(Nc1cccc(=O)[nH]1)C1=[N+]2N=C(c3ccccc3C(F)(F)F)C=CC2N=C1. The summed E-state index contributed by atoms with van der Waals surface area (Å²) < 4.78 is 41.2. The number of H-pyrrole nitrogens is 1. The number of aromatic nitrogens is 1. The minimum absolute atomic E-state index is 0.0334. The third-order valence-corrected chi connectivity index (χ3v) is 4.25. The van der Waals surface area contributed by atoms with Crippen LogP contribution in [0, 0.1) is 0 Å². The van der Waals surface area contributed by atoms with Gasteiger partial charge in [0.05, 0.1) is 5.56 Å². The van der Waals surface area contributed by atoms with Crippen LogP contribution in [0.15, 0.2) is 69.5 Å². The van der Waals surface area contributed by atoms with E-state index in [9.17, 15) is 22.8 Å². The number of hydrogen-bond donors (Lipinski definition) is 2. The molecule has 1 aromatic heterocycles. The Morgan fingerprint density at radius 2 is 1.93 bits per heavy atom. The molecule has 0 bridgehead atoms. The Morgan fingerprint density at radius 3 is 2.69 bits per heavy atom. The third kappa shape index (κ3) is 3.64. The van der Waals surface area contributed by atoms with Crippen LogP contribution in [0.5, 0.6) is 0 Å². The predicted octanol–water partition coefficient (Wildman–Crippen LogP) is 2.17. The quantitative estimate of drug-likeness (QED) is 0.774. The largest absolute Gasteiger partial charge is 0.417 e.